The molecule has 0 aliphatic carbocycles. The van der Waals surface area contributed by atoms with Gasteiger partial charge in [0.05, 0.1) is 30.5 Å². The average molecular weight is 597 g/mol. The molecule has 1 unspecified atom stereocenters. The molecular weight excluding hydrogens is 528 g/mol. The minimum atomic E-state index is -0.545. The summed E-state index contributed by atoms with van der Waals surface area (Å²) < 4.78 is 32.2. The maximum absolute atomic E-state index is 9.28. The quantitative estimate of drug-likeness (QED) is 0.150. The smallest absolute Gasteiger partial charge is 0.163 e. The van der Waals surface area contributed by atoms with Gasteiger partial charge in [-0.25, -0.2) is 0 Å². The van der Waals surface area contributed by atoms with E-state index in [1.54, 1.807) is 0 Å². The third-order valence-corrected chi connectivity index (χ3v) is 9.78. The summed E-state index contributed by atoms with van der Waals surface area (Å²) in [5.41, 5.74) is 0. The minimum absolute atomic E-state index is 0.0234. The molecule has 6 heteroatoms. The molecule has 248 valence electrons. The van der Waals surface area contributed by atoms with Crippen molar-refractivity contribution in [3.05, 3.63) is 0 Å². The normalized spacial score (nSPS) is 32.9. The largest absolute Gasteiger partial charge is 0.396 e. The third kappa shape index (κ3) is 11.9. The van der Waals surface area contributed by atoms with Gasteiger partial charge in [0.1, 0.15) is 6.10 Å². The van der Waals surface area contributed by atoms with E-state index in [-0.39, 0.29) is 37.1 Å². The zero-order chi connectivity index (χ0) is 30.9. The molecule has 3 rings (SSSR count). The molecule has 6 nitrogen and oxygen atoms in total. The summed E-state index contributed by atoms with van der Waals surface area (Å²) in [7, 11) is 0. The van der Waals surface area contributed by atoms with E-state index in [1.165, 1.54) is 25.7 Å². The Hall–Kier alpha value is -0.240. The predicted octanol–water partition coefficient (Wildman–Crippen LogP) is 8.81. The maximum Gasteiger partial charge on any atom is 0.163 e. The zero-order valence-corrected chi connectivity index (χ0v) is 28.9. The van der Waals surface area contributed by atoms with Crippen molar-refractivity contribution in [3.8, 4) is 0 Å². The molecule has 3 aliphatic heterocycles. The van der Waals surface area contributed by atoms with E-state index in [4.69, 9.17) is 23.7 Å². The van der Waals surface area contributed by atoms with Crippen LogP contribution in [0.2, 0.25) is 0 Å². The fourth-order valence-electron chi connectivity index (χ4n) is 7.54. The van der Waals surface area contributed by atoms with E-state index >= 15 is 0 Å². The van der Waals surface area contributed by atoms with Crippen LogP contribution >= 0.6 is 0 Å². The van der Waals surface area contributed by atoms with Gasteiger partial charge in [-0.1, -0.05) is 79.6 Å². The highest BCUT2D eigenvalue weighted by Gasteiger charge is 2.49. The van der Waals surface area contributed by atoms with Gasteiger partial charge in [0.25, 0.3) is 0 Å². The lowest BCUT2D eigenvalue weighted by atomic mass is 9.86. The second-order valence-corrected chi connectivity index (χ2v) is 15.7. The van der Waals surface area contributed by atoms with E-state index < -0.39 is 11.6 Å². The van der Waals surface area contributed by atoms with Crippen molar-refractivity contribution >= 4 is 0 Å². The second kappa shape index (κ2) is 16.9. The summed E-state index contributed by atoms with van der Waals surface area (Å²) in [6, 6.07) is 0. The molecule has 0 bridgehead atoms. The summed E-state index contributed by atoms with van der Waals surface area (Å²) in [4.78, 5) is 0. The van der Waals surface area contributed by atoms with Gasteiger partial charge in [-0.2, -0.15) is 0 Å². The van der Waals surface area contributed by atoms with Crippen molar-refractivity contribution in [1.82, 2.24) is 0 Å². The molecular formula is C36H68O6. The molecule has 0 amide bonds. The molecule has 0 radical (unpaired) electrons. The Labute approximate surface area is 259 Å². The SMILES string of the molecule is CC(C)CCCC(C)C[C@@H](C)[C@H]1OC(C)(C)O[C@@H]1[C@@H]1CC[C@H](CCCC[C@H]2OC(C)(C)O[C@@H]2CCCC[C@@H](C)CO)O1. The highest BCUT2D eigenvalue weighted by molar-refractivity contribution is 4.93. The Morgan fingerprint density at radius 3 is 1.90 bits per heavy atom. The van der Waals surface area contributed by atoms with Gasteiger partial charge in [-0.15, -0.1) is 0 Å². The van der Waals surface area contributed by atoms with E-state index in [2.05, 4.69) is 48.5 Å². The van der Waals surface area contributed by atoms with Gasteiger partial charge in [-0.3, -0.25) is 0 Å². The first-order valence-electron chi connectivity index (χ1n) is 17.8. The lowest BCUT2D eigenvalue weighted by molar-refractivity contribution is -0.160. The fourth-order valence-corrected chi connectivity index (χ4v) is 7.54. The van der Waals surface area contributed by atoms with Crippen LogP contribution < -0.4 is 0 Å². The van der Waals surface area contributed by atoms with Crippen LogP contribution in [0.5, 0.6) is 0 Å². The van der Waals surface area contributed by atoms with Crippen LogP contribution in [0.15, 0.2) is 0 Å². The third-order valence-electron chi connectivity index (χ3n) is 9.78. The van der Waals surface area contributed by atoms with Crippen LogP contribution in [-0.4, -0.2) is 59.9 Å². The monoisotopic (exact) mass is 597 g/mol. The maximum atomic E-state index is 9.28. The number of aliphatic hydroxyl groups excluding tert-OH is 1. The van der Waals surface area contributed by atoms with Crippen molar-refractivity contribution < 1.29 is 28.8 Å². The van der Waals surface area contributed by atoms with Crippen LogP contribution in [0.1, 0.15) is 152 Å². The van der Waals surface area contributed by atoms with Crippen LogP contribution in [-0.2, 0) is 23.7 Å². The second-order valence-electron chi connectivity index (χ2n) is 15.7. The van der Waals surface area contributed by atoms with Gasteiger partial charge in [0.15, 0.2) is 11.6 Å². The molecule has 9 atom stereocenters. The average Bonchev–Trinajstić information content (AvgIpc) is 3.58. The highest BCUT2D eigenvalue weighted by atomic mass is 16.8. The van der Waals surface area contributed by atoms with Gasteiger partial charge in [0, 0.05) is 6.61 Å². The van der Waals surface area contributed by atoms with Crippen molar-refractivity contribution in [3.63, 3.8) is 0 Å². The molecule has 0 saturated carbocycles. The molecule has 3 saturated heterocycles. The molecule has 3 fully saturated rings. The summed E-state index contributed by atoms with van der Waals surface area (Å²) in [6.07, 6.45) is 17.0. The summed E-state index contributed by atoms with van der Waals surface area (Å²) >= 11 is 0. The first-order valence-corrected chi connectivity index (χ1v) is 17.8. The standard InChI is InChI=1S/C36H68O6/c1-25(2)15-14-17-26(3)23-28(5)33-34(42-36(8,9)41-33)32-22-21-29(38-32)18-11-13-20-31-30(39-35(6,7)40-31)19-12-10-16-27(4)24-37/h25-34,37H,10-24H2,1-9H3/t26?,27-,28-,29+,30-,31-,32+,33-,34-/m1/s1. The molecule has 3 aliphatic rings. The predicted molar refractivity (Wildman–Crippen MR) is 170 cm³/mol. The van der Waals surface area contributed by atoms with Gasteiger partial charge in [-0.05, 0) is 96.3 Å². The van der Waals surface area contributed by atoms with E-state index in [1.807, 2.05) is 13.8 Å². The fraction of sp³-hybridized carbons (Fsp3) is 1.00. The van der Waals surface area contributed by atoms with Crippen LogP contribution in [0.3, 0.4) is 0 Å². The Balaban J connectivity index is 1.40. The first kappa shape index (κ1) is 36.2. The lowest BCUT2D eigenvalue weighted by Crippen LogP contribution is -2.39. The Kier molecular flexibility index (Phi) is 14.6. The Morgan fingerprint density at radius 1 is 0.667 bits per heavy atom. The zero-order valence-electron chi connectivity index (χ0n) is 28.9. The van der Waals surface area contributed by atoms with Crippen LogP contribution in [0, 0.1) is 23.7 Å². The van der Waals surface area contributed by atoms with Crippen LogP contribution in [0.25, 0.3) is 0 Å². The number of hydrogen-bond acceptors (Lipinski definition) is 6. The highest BCUT2D eigenvalue weighted by Crippen LogP contribution is 2.41. The lowest BCUT2D eigenvalue weighted by Gasteiger charge is -2.29. The molecule has 0 aromatic heterocycles. The number of unbranched alkanes of at least 4 members (excludes halogenated alkanes) is 2. The Bertz CT molecular complexity index is 753. The molecule has 3 heterocycles. The van der Waals surface area contributed by atoms with E-state index in [9.17, 15) is 5.11 Å². The van der Waals surface area contributed by atoms with Crippen molar-refractivity contribution in [1.29, 1.82) is 0 Å². The number of ether oxygens (including phenoxy) is 5. The van der Waals surface area contributed by atoms with Gasteiger partial charge >= 0.3 is 0 Å². The number of rotatable bonds is 19. The molecule has 42 heavy (non-hydrogen) atoms. The summed E-state index contributed by atoms with van der Waals surface area (Å²) in [6.45, 7) is 20.0. The Morgan fingerprint density at radius 2 is 1.26 bits per heavy atom. The number of hydrogen-bond donors (Lipinski definition) is 1. The van der Waals surface area contributed by atoms with E-state index in [0.717, 1.165) is 70.1 Å². The molecule has 0 aromatic carbocycles. The topological polar surface area (TPSA) is 66.4 Å². The van der Waals surface area contributed by atoms with E-state index in [0.29, 0.717) is 23.9 Å². The van der Waals surface area contributed by atoms with Gasteiger partial charge in [0.2, 0.25) is 0 Å². The van der Waals surface area contributed by atoms with Gasteiger partial charge < -0.3 is 28.8 Å². The van der Waals surface area contributed by atoms with Crippen LogP contribution in [0.4, 0.5) is 0 Å². The first-order chi connectivity index (χ1) is 19.8. The van der Waals surface area contributed by atoms with Crippen molar-refractivity contribution in [2.24, 2.45) is 23.7 Å². The number of aliphatic hydroxyl groups is 1. The summed E-state index contributed by atoms with van der Waals surface area (Å²) in [5.74, 6) is 1.30. The van der Waals surface area contributed by atoms with Crippen molar-refractivity contribution in [2.75, 3.05) is 6.61 Å². The molecule has 1 N–H and O–H groups in total. The minimum Gasteiger partial charge on any atom is -0.396 e. The molecule has 0 aromatic rings. The summed E-state index contributed by atoms with van der Waals surface area (Å²) in [5, 5.41) is 9.28. The van der Waals surface area contributed by atoms with Crippen molar-refractivity contribution in [2.45, 2.75) is 200 Å². The molecule has 0 spiro atoms.